The van der Waals surface area contributed by atoms with E-state index in [0.717, 1.165) is 25.0 Å². The first kappa shape index (κ1) is 17.3. The first-order valence-electron chi connectivity index (χ1n) is 7.07. The van der Waals surface area contributed by atoms with Gasteiger partial charge >= 0.3 is 0 Å². The van der Waals surface area contributed by atoms with E-state index in [0.29, 0.717) is 18.9 Å². The second-order valence-electron chi connectivity index (χ2n) is 5.03. The van der Waals surface area contributed by atoms with Gasteiger partial charge in [-0.3, -0.25) is 0 Å². The molecule has 3 nitrogen and oxygen atoms in total. The topological polar surface area (TPSA) is 43.4 Å². The highest BCUT2D eigenvalue weighted by Gasteiger charge is 2.04. The zero-order valence-electron chi connectivity index (χ0n) is 12.1. The van der Waals surface area contributed by atoms with Crippen molar-refractivity contribution in [1.82, 2.24) is 0 Å². The molecule has 114 valence electrons. The fraction of sp³-hybridized carbons (Fsp3) is 0.600. The van der Waals surface area contributed by atoms with Crippen molar-refractivity contribution < 1.29 is 13.2 Å². The summed E-state index contributed by atoms with van der Waals surface area (Å²) >= 11 is 0. The molecule has 0 heterocycles. The van der Waals surface area contributed by atoms with Gasteiger partial charge in [0.05, 0.1) is 12.4 Å². The van der Waals surface area contributed by atoms with Crippen LogP contribution in [0.1, 0.15) is 51.0 Å². The van der Waals surface area contributed by atoms with Crippen LogP contribution in [0.2, 0.25) is 0 Å². The summed E-state index contributed by atoms with van der Waals surface area (Å²) in [7, 11) is 1.79. The summed E-state index contributed by atoms with van der Waals surface area (Å²) in [4.78, 5) is 0. The van der Waals surface area contributed by atoms with Crippen molar-refractivity contribution >= 4 is 19.7 Å². The predicted molar refractivity (Wildman–Crippen MR) is 84.1 cm³/mol. The standard InChI is InChI=1S/C15H23ClO3S/c1-3-13(2)14-7-9-15(10-8-14)19-11-5-4-6-12-20(16,17)18/h7-10,13H,3-6,11-12H2,1-2H3. The lowest BCUT2D eigenvalue weighted by molar-refractivity contribution is 0.306. The maximum atomic E-state index is 10.7. The van der Waals surface area contributed by atoms with E-state index >= 15 is 0 Å². The molecule has 1 atom stereocenters. The van der Waals surface area contributed by atoms with E-state index in [1.54, 1.807) is 0 Å². The Morgan fingerprint density at radius 3 is 2.35 bits per heavy atom. The molecular weight excluding hydrogens is 296 g/mol. The maximum Gasteiger partial charge on any atom is 0.232 e. The van der Waals surface area contributed by atoms with Crippen molar-refractivity contribution in [3.8, 4) is 5.75 Å². The number of hydrogen-bond acceptors (Lipinski definition) is 3. The summed E-state index contributed by atoms with van der Waals surface area (Å²) in [5, 5.41) is 0. The third-order valence-electron chi connectivity index (χ3n) is 3.36. The molecular formula is C15H23ClO3S. The second-order valence-corrected chi connectivity index (χ2v) is 7.93. The molecule has 0 saturated heterocycles. The molecule has 1 aromatic rings. The molecule has 1 aromatic carbocycles. The van der Waals surface area contributed by atoms with Gasteiger partial charge in [-0.05, 0) is 49.3 Å². The molecule has 0 fully saturated rings. The van der Waals surface area contributed by atoms with Gasteiger partial charge in [-0.15, -0.1) is 0 Å². The number of unbranched alkanes of at least 4 members (excludes halogenated alkanes) is 2. The normalized spacial score (nSPS) is 13.2. The van der Waals surface area contributed by atoms with Gasteiger partial charge < -0.3 is 4.74 Å². The third-order valence-corrected chi connectivity index (χ3v) is 4.60. The summed E-state index contributed by atoms with van der Waals surface area (Å²) in [6.07, 6.45) is 3.35. The largest absolute Gasteiger partial charge is 0.494 e. The monoisotopic (exact) mass is 318 g/mol. The fourth-order valence-corrected chi connectivity index (χ4v) is 2.75. The van der Waals surface area contributed by atoms with E-state index in [1.807, 2.05) is 12.1 Å². The quantitative estimate of drug-likeness (QED) is 0.503. The Morgan fingerprint density at radius 2 is 1.80 bits per heavy atom. The number of halogens is 1. The minimum absolute atomic E-state index is 0.0398. The number of rotatable bonds is 9. The van der Waals surface area contributed by atoms with Crippen LogP contribution in [0.15, 0.2) is 24.3 Å². The van der Waals surface area contributed by atoms with Gasteiger partial charge in [0.15, 0.2) is 0 Å². The molecule has 0 aromatic heterocycles. The molecule has 1 rings (SSSR count). The highest BCUT2D eigenvalue weighted by molar-refractivity contribution is 8.13. The third kappa shape index (κ3) is 7.15. The maximum absolute atomic E-state index is 10.7. The summed E-state index contributed by atoms with van der Waals surface area (Å²) < 4.78 is 27.1. The second kappa shape index (κ2) is 8.53. The first-order valence-corrected chi connectivity index (χ1v) is 9.55. The van der Waals surface area contributed by atoms with Gasteiger partial charge in [0.25, 0.3) is 0 Å². The molecule has 0 radical (unpaired) electrons. The van der Waals surface area contributed by atoms with E-state index in [4.69, 9.17) is 15.4 Å². The Labute approximate surface area is 126 Å². The highest BCUT2D eigenvalue weighted by atomic mass is 35.7. The Balaban J connectivity index is 2.22. The van der Waals surface area contributed by atoms with Crippen molar-refractivity contribution in [3.63, 3.8) is 0 Å². The van der Waals surface area contributed by atoms with Crippen LogP contribution in [0, 0.1) is 0 Å². The van der Waals surface area contributed by atoms with Crippen LogP contribution in [0.3, 0.4) is 0 Å². The average Bonchev–Trinajstić information content (AvgIpc) is 2.41. The highest BCUT2D eigenvalue weighted by Crippen LogP contribution is 2.21. The molecule has 20 heavy (non-hydrogen) atoms. The molecule has 0 saturated carbocycles. The van der Waals surface area contributed by atoms with Crippen LogP contribution in [0.25, 0.3) is 0 Å². The summed E-state index contributed by atoms with van der Waals surface area (Å²) in [6.45, 7) is 4.99. The van der Waals surface area contributed by atoms with Gasteiger partial charge in [0.1, 0.15) is 5.75 Å². The molecule has 0 N–H and O–H groups in total. The SMILES string of the molecule is CCC(C)c1ccc(OCCCCCS(=O)(=O)Cl)cc1. The van der Waals surface area contributed by atoms with E-state index < -0.39 is 9.05 Å². The minimum atomic E-state index is -3.35. The molecule has 0 aliphatic carbocycles. The molecule has 0 aliphatic heterocycles. The van der Waals surface area contributed by atoms with Gasteiger partial charge in [-0.1, -0.05) is 26.0 Å². The van der Waals surface area contributed by atoms with Crippen LogP contribution >= 0.6 is 10.7 Å². The Hall–Kier alpha value is -0.740. The van der Waals surface area contributed by atoms with E-state index in [2.05, 4.69) is 26.0 Å². The predicted octanol–water partition coefficient (Wildman–Crippen LogP) is 4.32. The smallest absolute Gasteiger partial charge is 0.232 e. The van der Waals surface area contributed by atoms with E-state index in [1.165, 1.54) is 5.56 Å². The number of hydrogen-bond donors (Lipinski definition) is 0. The Bertz CT molecular complexity index is 482. The lowest BCUT2D eigenvalue weighted by Gasteiger charge is -2.10. The van der Waals surface area contributed by atoms with Gasteiger partial charge in [-0.2, -0.15) is 0 Å². The van der Waals surface area contributed by atoms with Crippen molar-refractivity contribution in [2.45, 2.75) is 45.4 Å². The average molecular weight is 319 g/mol. The van der Waals surface area contributed by atoms with Gasteiger partial charge in [0, 0.05) is 10.7 Å². The van der Waals surface area contributed by atoms with Crippen LogP contribution < -0.4 is 4.74 Å². The zero-order valence-corrected chi connectivity index (χ0v) is 13.7. The minimum Gasteiger partial charge on any atom is -0.494 e. The molecule has 5 heteroatoms. The van der Waals surface area contributed by atoms with Crippen LogP contribution in [0.5, 0.6) is 5.75 Å². The van der Waals surface area contributed by atoms with Crippen molar-refractivity contribution in [2.75, 3.05) is 12.4 Å². The van der Waals surface area contributed by atoms with Crippen molar-refractivity contribution in [1.29, 1.82) is 0 Å². The number of benzene rings is 1. The molecule has 0 spiro atoms. The molecule has 0 amide bonds. The van der Waals surface area contributed by atoms with Crippen LogP contribution in [0.4, 0.5) is 0 Å². The van der Waals surface area contributed by atoms with Gasteiger partial charge in [-0.25, -0.2) is 8.42 Å². The number of ether oxygens (including phenoxy) is 1. The van der Waals surface area contributed by atoms with Crippen molar-refractivity contribution in [2.24, 2.45) is 0 Å². The fourth-order valence-electron chi connectivity index (χ4n) is 1.87. The molecule has 0 bridgehead atoms. The lowest BCUT2D eigenvalue weighted by atomic mass is 9.99. The summed E-state index contributed by atoms with van der Waals surface area (Å²) in [5.41, 5.74) is 1.33. The molecule has 1 unspecified atom stereocenters. The summed E-state index contributed by atoms with van der Waals surface area (Å²) in [5.74, 6) is 1.47. The van der Waals surface area contributed by atoms with Crippen LogP contribution in [-0.4, -0.2) is 20.8 Å². The van der Waals surface area contributed by atoms with Crippen LogP contribution in [-0.2, 0) is 9.05 Å². The van der Waals surface area contributed by atoms with Crippen molar-refractivity contribution in [3.05, 3.63) is 29.8 Å². The first-order chi connectivity index (χ1) is 9.42. The molecule has 0 aliphatic rings. The van der Waals surface area contributed by atoms with E-state index in [9.17, 15) is 8.42 Å². The Kier molecular flexibility index (Phi) is 7.38. The van der Waals surface area contributed by atoms with E-state index in [-0.39, 0.29) is 5.75 Å². The Morgan fingerprint density at radius 1 is 1.15 bits per heavy atom. The van der Waals surface area contributed by atoms with Gasteiger partial charge in [0.2, 0.25) is 9.05 Å². The summed E-state index contributed by atoms with van der Waals surface area (Å²) in [6, 6.07) is 8.18. The lowest BCUT2D eigenvalue weighted by Crippen LogP contribution is -2.01. The zero-order chi connectivity index (χ0) is 15.0.